The highest BCUT2D eigenvalue weighted by molar-refractivity contribution is 5.81. The van der Waals surface area contributed by atoms with Gasteiger partial charge in [-0.15, -0.1) is 5.10 Å². The largest absolute Gasteiger partial charge is 0.495 e. The van der Waals surface area contributed by atoms with Crippen molar-refractivity contribution >= 4 is 5.91 Å². The molecule has 3 aromatic rings. The van der Waals surface area contributed by atoms with Crippen LogP contribution < -0.4 is 10.1 Å². The molecule has 33 heavy (non-hydrogen) atoms. The molecule has 1 N–H and O–H groups in total. The number of carbonyl (C=O) groups excluding carboxylic acids is 1. The van der Waals surface area contributed by atoms with Gasteiger partial charge in [0, 0.05) is 17.7 Å². The first-order valence-electron chi connectivity index (χ1n) is 11.2. The number of nitrogens with one attached hydrogen (secondary N) is 1. The molecule has 1 aliphatic heterocycles. The minimum Gasteiger partial charge on any atom is -0.495 e. The zero-order valence-electron chi connectivity index (χ0n) is 19.3. The van der Waals surface area contributed by atoms with Crippen molar-refractivity contribution in [1.29, 1.82) is 0 Å². The summed E-state index contributed by atoms with van der Waals surface area (Å²) in [5, 5.41) is 11.9. The van der Waals surface area contributed by atoms with E-state index in [0.717, 1.165) is 29.8 Å². The number of allylic oxidation sites excluding steroid dienone is 2. The van der Waals surface area contributed by atoms with E-state index in [4.69, 9.17) is 4.74 Å². The lowest BCUT2D eigenvalue weighted by atomic mass is 9.83. The molecule has 3 atom stereocenters. The number of aryl methyl sites for hydroxylation is 1. The van der Waals surface area contributed by atoms with E-state index in [2.05, 4.69) is 46.6 Å². The number of nitrogens with zero attached hydrogens (tertiary/aromatic N) is 5. The predicted octanol–water partition coefficient (Wildman–Crippen LogP) is 3.79. The number of ether oxygens (including phenoxy) is 1. The zero-order chi connectivity index (χ0) is 23.1. The third-order valence-electron chi connectivity index (χ3n) is 6.57. The van der Waals surface area contributed by atoms with E-state index >= 15 is 0 Å². The highest BCUT2D eigenvalue weighted by Crippen LogP contribution is 2.34. The topological polar surface area (TPSA) is 86.9 Å². The molecule has 3 heterocycles. The Balaban J connectivity index is 1.40. The Bertz CT molecular complexity index is 1270. The molecule has 1 aliphatic carbocycles. The van der Waals surface area contributed by atoms with Crippen LogP contribution in [0.1, 0.15) is 38.4 Å². The van der Waals surface area contributed by atoms with Gasteiger partial charge in [0.25, 0.3) is 0 Å². The third-order valence-corrected chi connectivity index (χ3v) is 6.57. The van der Waals surface area contributed by atoms with Crippen LogP contribution in [0.15, 0.2) is 60.2 Å². The van der Waals surface area contributed by atoms with Crippen molar-refractivity contribution in [3.63, 3.8) is 0 Å². The van der Waals surface area contributed by atoms with Gasteiger partial charge in [0.2, 0.25) is 5.91 Å². The summed E-state index contributed by atoms with van der Waals surface area (Å²) in [6.07, 6.45) is 11.6. The molecule has 1 amide bonds. The maximum Gasteiger partial charge on any atom is 0.245 e. The van der Waals surface area contributed by atoms with Crippen molar-refractivity contribution < 1.29 is 9.53 Å². The van der Waals surface area contributed by atoms with E-state index in [0.29, 0.717) is 17.4 Å². The molecule has 0 bridgehead atoms. The standard InChI is InChI=1S/C25H28N6O2/c1-15-9-16(2)19-6-8-23(25(32)27-20(19)10-15)31-13-21(28-29-31)18-5-7-22(24(11-18)33-4)30-12-17(3)26-14-30/h5,7,9-14,19-20,23H,6,8H2,1-4H3,(H,27,32). The Hall–Kier alpha value is -3.68. The Morgan fingerprint density at radius 2 is 2.00 bits per heavy atom. The second kappa shape index (κ2) is 8.35. The second-order valence-corrected chi connectivity index (χ2v) is 8.93. The summed E-state index contributed by atoms with van der Waals surface area (Å²) in [6.45, 7) is 6.17. The predicted molar refractivity (Wildman–Crippen MR) is 125 cm³/mol. The molecule has 0 saturated carbocycles. The van der Waals surface area contributed by atoms with Gasteiger partial charge in [-0.25, -0.2) is 9.67 Å². The number of carbonyl (C=O) groups is 1. The van der Waals surface area contributed by atoms with E-state index in [1.165, 1.54) is 11.1 Å². The summed E-state index contributed by atoms with van der Waals surface area (Å²) in [7, 11) is 1.64. The molecule has 2 aliphatic rings. The number of hydrogen-bond acceptors (Lipinski definition) is 5. The number of fused-ring (bicyclic) bond motifs is 1. The van der Waals surface area contributed by atoms with Crippen LogP contribution >= 0.6 is 0 Å². The number of rotatable bonds is 4. The monoisotopic (exact) mass is 444 g/mol. The fourth-order valence-electron chi connectivity index (χ4n) is 4.89. The molecule has 1 aromatic carbocycles. The molecule has 8 heteroatoms. The molecular weight excluding hydrogens is 416 g/mol. The number of aromatic nitrogens is 5. The minimum absolute atomic E-state index is 0.0129. The van der Waals surface area contributed by atoms with Gasteiger partial charge in [-0.3, -0.25) is 4.79 Å². The first-order chi connectivity index (χ1) is 15.9. The van der Waals surface area contributed by atoms with Crippen molar-refractivity contribution in [2.45, 2.75) is 45.7 Å². The Labute approximate surface area is 193 Å². The minimum atomic E-state index is -0.381. The molecule has 3 unspecified atom stereocenters. The van der Waals surface area contributed by atoms with Crippen LogP contribution in [0, 0.1) is 12.8 Å². The lowest BCUT2D eigenvalue weighted by molar-refractivity contribution is -0.124. The Kier molecular flexibility index (Phi) is 5.36. The summed E-state index contributed by atoms with van der Waals surface area (Å²) < 4.78 is 9.24. The SMILES string of the molecule is COc1cc(-c2cn(C3CCC4C(C)=CC(C)=CC4NC3=O)nn2)ccc1-n1cnc(C)c1. The van der Waals surface area contributed by atoms with Crippen molar-refractivity contribution in [3.8, 4) is 22.7 Å². The second-order valence-electron chi connectivity index (χ2n) is 8.93. The average molecular weight is 445 g/mol. The molecule has 8 nitrogen and oxygen atoms in total. The van der Waals surface area contributed by atoms with Crippen LogP contribution in [0.3, 0.4) is 0 Å². The quantitative estimate of drug-likeness (QED) is 0.662. The molecule has 2 aromatic heterocycles. The molecule has 170 valence electrons. The third kappa shape index (κ3) is 3.97. The molecular formula is C25H28N6O2. The summed E-state index contributed by atoms with van der Waals surface area (Å²) in [5.41, 5.74) is 5.91. The lowest BCUT2D eigenvalue weighted by Gasteiger charge is -2.27. The van der Waals surface area contributed by atoms with Crippen molar-refractivity contribution in [2.24, 2.45) is 5.92 Å². The van der Waals surface area contributed by atoms with Gasteiger partial charge < -0.3 is 14.6 Å². The molecule has 1 saturated heterocycles. The Morgan fingerprint density at radius 3 is 2.76 bits per heavy atom. The van der Waals surface area contributed by atoms with Crippen molar-refractivity contribution in [3.05, 3.63) is 65.9 Å². The summed E-state index contributed by atoms with van der Waals surface area (Å²) in [5.74, 6) is 1.02. The van der Waals surface area contributed by atoms with Gasteiger partial charge in [-0.1, -0.05) is 34.6 Å². The molecule has 5 rings (SSSR count). The summed E-state index contributed by atoms with van der Waals surface area (Å²) >= 11 is 0. The fraction of sp³-hybridized carbons (Fsp3) is 0.360. The molecule has 0 spiro atoms. The fourth-order valence-corrected chi connectivity index (χ4v) is 4.89. The van der Waals surface area contributed by atoms with Crippen LogP contribution in [0.2, 0.25) is 0 Å². The van der Waals surface area contributed by atoms with Gasteiger partial charge in [-0.05, 0) is 45.7 Å². The molecule has 1 fully saturated rings. The van der Waals surface area contributed by atoms with E-state index in [9.17, 15) is 4.79 Å². The van der Waals surface area contributed by atoms with Crippen LogP contribution in [0.4, 0.5) is 0 Å². The maximum atomic E-state index is 13.1. The van der Waals surface area contributed by atoms with Gasteiger partial charge in [-0.2, -0.15) is 0 Å². The summed E-state index contributed by atoms with van der Waals surface area (Å²) in [6, 6.07) is 5.54. The Morgan fingerprint density at radius 1 is 1.15 bits per heavy atom. The van der Waals surface area contributed by atoms with Gasteiger partial charge in [0.15, 0.2) is 0 Å². The number of methoxy groups -OCH3 is 1. The van der Waals surface area contributed by atoms with Crippen LogP contribution in [0.25, 0.3) is 16.9 Å². The number of hydrogen-bond donors (Lipinski definition) is 1. The average Bonchev–Trinajstić information content (AvgIpc) is 3.40. The summed E-state index contributed by atoms with van der Waals surface area (Å²) in [4.78, 5) is 17.3. The van der Waals surface area contributed by atoms with E-state index in [-0.39, 0.29) is 18.0 Å². The highest BCUT2D eigenvalue weighted by Gasteiger charge is 2.34. The maximum absolute atomic E-state index is 13.1. The van der Waals surface area contributed by atoms with E-state index < -0.39 is 0 Å². The number of amides is 1. The highest BCUT2D eigenvalue weighted by atomic mass is 16.5. The van der Waals surface area contributed by atoms with Crippen LogP contribution in [0.5, 0.6) is 5.75 Å². The van der Waals surface area contributed by atoms with Gasteiger partial charge in [0.1, 0.15) is 17.5 Å². The number of benzene rings is 1. The van der Waals surface area contributed by atoms with Gasteiger partial charge in [0.05, 0.1) is 37.1 Å². The van der Waals surface area contributed by atoms with Crippen molar-refractivity contribution in [2.75, 3.05) is 7.11 Å². The first kappa shape index (κ1) is 21.2. The van der Waals surface area contributed by atoms with E-state index in [1.807, 2.05) is 42.1 Å². The molecule has 0 radical (unpaired) electrons. The van der Waals surface area contributed by atoms with Crippen LogP contribution in [-0.2, 0) is 4.79 Å². The van der Waals surface area contributed by atoms with Crippen LogP contribution in [-0.4, -0.2) is 43.6 Å². The number of imidazole rings is 1. The van der Waals surface area contributed by atoms with Gasteiger partial charge >= 0.3 is 0 Å². The lowest BCUT2D eigenvalue weighted by Crippen LogP contribution is -2.41. The van der Waals surface area contributed by atoms with E-state index in [1.54, 1.807) is 18.1 Å². The van der Waals surface area contributed by atoms with Crippen molar-refractivity contribution in [1.82, 2.24) is 29.9 Å². The zero-order valence-corrected chi connectivity index (χ0v) is 19.3. The smallest absolute Gasteiger partial charge is 0.245 e. The normalized spacial score (nSPS) is 22.7. The first-order valence-corrected chi connectivity index (χ1v) is 11.2.